The van der Waals surface area contributed by atoms with Crippen molar-refractivity contribution in [3.63, 3.8) is 0 Å². The maximum Gasteiger partial charge on any atom is 0.416 e. The number of rotatable bonds is 6. The molecule has 1 saturated heterocycles. The first-order valence-electron chi connectivity index (χ1n) is 15.2. The summed E-state index contributed by atoms with van der Waals surface area (Å²) in [6, 6.07) is 16.4. The first-order valence-corrected chi connectivity index (χ1v) is 15.2. The number of ketones is 1. The Morgan fingerprint density at radius 1 is 1.11 bits per heavy atom. The molecule has 234 valence electrons. The number of nitrogens with zero attached hydrogens (tertiary/aromatic N) is 2. The minimum Gasteiger partial charge on any atom is -0.504 e. The van der Waals surface area contributed by atoms with Gasteiger partial charge >= 0.3 is 6.18 Å². The molecule has 2 aliphatic heterocycles. The van der Waals surface area contributed by atoms with Gasteiger partial charge in [-0.15, -0.1) is 0 Å². The van der Waals surface area contributed by atoms with Crippen LogP contribution >= 0.6 is 0 Å². The van der Waals surface area contributed by atoms with Gasteiger partial charge in [0.25, 0.3) is 0 Å². The van der Waals surface area contributed by atoms with E-state index in [2.05, 4.69) is 4.90 Å². The van der Waals surface area contributed by atoms with Gasteiger partial charge in [0.15, 0.2) is 17.3 Å². The van der Waals surface area contributed by atoms with Crippen molar-refractivity contribution in [1.29, 1.82) is 0 Å². The number of likely N-dealkylation sites (tertiary alicyclic amines) is 1. The summed E-state index contributed by atoms with van der Waals surface area (Å²) < 4.78 is 46.0. The number of carbonyl (C=O) groups excluding carboxylic acids is 2. The van der Waals surface area contributed by atoms with E-state index in [1.807, 2.05) is 30.3 Å². The number of carbonyl (C=O) groups is 2. The Hall–Kier alpha value is -4.15. The van der Waals surface area contributed by atoms with Gasteiger partial charge in [-0.3, -0.25) is 14.5 Å². The standard InChI is InChI=1S/C35H33F3N2O5/c1-39(27(42)13-10-22-8-5-9-23(20-22)35(36,37)38)25-14-16-34(44)31-29(43)24-11-12-26(41)30-28(24)33(34,32(25)45-30)17-19-40(31)18-15-21-6-3-2-4-7-21/h2-13,20,25,31-32,41,44H,14-19H2,1H3/t25-,31+,32-,33-,34+/m0/s1. The quantitative estimate of drug-likeness (QED) is 0.379. The number of ether oxygens (including phenoxy) is 1. The molecule has 2 fully saturated rings. The molecule has 2 aliphatic carbocycles. The lowest BCUT2D eigenvalue weighted by Crippen LogP contribution is -2.79. The highest BCUT2D eigenvalue weighted by Gasteiger charge is 2.75. The molecule has 0 unspecified atom stereocenters. The van der Waals surface area contributed by atoms with Crippen LogP contribution in [0.25, 0.3) is 6.08 Å². The third kappa shape index (κ3) is 4.40. The minimum atomic E-state index is -4.50. The van der Waals surface area contributed by atoms with Gasteiger partial charge in [0.1, 0.15) is 17.7 Å². The minimum absolute atomic E-state index is 0.130. The molecule has 3 aromatic carbocycles. The predicted molar refractivity (Wildman–Crippen MR) is 160 cm³/mol. The number of amides is 1. The molecule has 2 bridgehead atoms. The number of phenolic OH excluding ortho intramolecular Hbond substituents is 1. The van der Waals surface area contributed by atoms with Gasteiger partial charge in [0.05, 0.1) is 17.0 Å². The number of aliphatic hydroxyl groups is 1. The van der Waals surface area contributed by atoms with Crippen LogP contribution in [0, 0.1) is 0 Å². The average molecular weight is 619 g/mol. The van der Waals surface area contributed by atoms with E-state index >= 15 is 0 Å². The Balaban J connectivity index is 1.21. The number of piperidine rings is 1. The van der Waals surface area contributed by atoms with Gasteiger partial charge in [-0.1, -0.05) is 42.5 Å². The number of hydrogen-bond acceptors (Lipinski definition) is 6. The van der Waals surface area contributed by atoms with Gasteiger partial charge in [0, 0.05) is 37.3 Å². The highest BCUT2D eigenvalue weighted by Crippen LogP contribution is 2.65. The third-order valence-electron chi connectivity index (χ3n) is 10.4. The van der Waals surface area contributed by atoms with E-state index in [-0.39, 0.29) is 29.3 Å². The highest BCUT2D eigenvalue weighted by atomic mass is 19.4. The fourth-order valence-corrected chi connectivity index (χ4v) is 8.29. The van der Waals surface area contributed by atoms with Crippen molar-refractivity contribution in [3.8, 4) is 11.5 Å². The van der Waals surface area contributed by atoms with E-state index in [0.717, 1.165) is 17.7 Å². The smallest absolute Gasteiger partial charge is 0.416 e. The second-order valence-corrected chi connectivity index (χ2v) is 12.6. The summed E-state index contributed by atoms with van der Waals surface area (Å²) in [6.07, 6.45) is -0.964. The summed E-state index contributed by atoms with van der Waals surface area (Å²) in [6.45, 7) is 1.09. The summed E-state index contributed by atoms with van der Waals surface area (Å²) in [5.74, 6) is -0.595. The van der Waals surface area contributed by atoms with Gasteiger partial charge in [-0.05, 0) is 67.2 Å². The molecule has 2 heterocycles. The molecule has 3 aromatic rings. The lowest BCUT2D eigenvalue weighted by atomic mass is 9.48. The van der Waals surface area contributed by atoms with E-state index in [9.17, 15) is 33.0 Å². The maximum absolute atomic E-state index is 14.1. The molecule has 7 nitrogen and oxygen atoms in total. The van der Waals surface area contributed by atoms with Gasteiger partial charge in [-0.25, -0.2) is 0 Å². The molecular weight excluding hydrogens is 585 g/mol. The van der Waals surface area contributed by atoms with Crippen molar-refractivity contribution in [2.75, 3.05) is 20.1 Å². The second kappa shape index (κ2) is 10.5. The summed E-state index contributed by atoms with van der Waals surface area (Å²) >= 11 is 0. The molecule has 0 radical (unpaired) electrons. The Bertz CT molecular complexity index is 1710. The number of benzene rings is 3. The van der Waals surface area contributed by atoms with Crippen molar-refractivity contribution >= 4 is 17.8 Å². The van der Waals surface area contributed by atoms with E-state index in [0.29, 0.717) is 43.5 Å². The fourth-order valence-electron chi connectivity index (χ4n) is 8.29. The summed E-state index contributed by atoms with van der Waals surface area (Å²) in [4.78, 5) is 31.2. The van der Waals surface area contributed by atoms with Crippen LogP contribution in [-0.2, 0) is 22.8 Å². The highest BCUT2D eigenvalue weighted by molar-refractivity contribution is 6.06. The topological polar surface area (TPSA) is 90.3 Å². The molecule has 2 N–H and O–H groups in total. The zero-order valence-corrected chi connectivity index (χ0v) is 24.6. The average Bonchev–Trinajstić information content (AvgIpc) is 3.38. The van der Waals surface area contributed by atoms with Crippen molar-refractivity contribution in [1.82, 2.24) is 9.80 Å². The van der Waals surface area contributed by atoms with Crippen molar-refractivity contribution in [3.05, 3.63) is 101 Å². The molecular formula is C35H33F3N2O5. The molecule has 1 spiro atoms. The van der Waals surface area contributed by atoms with Crippen LogP contribution in [0.4, 0.5) is 13.2 Å². The van der Waals surface area contributed by atoms with Crippen LogP contribution in [0.2, 0.25) is 0 Å². The normalized spacial score (nSPS) is 28.6. The summed E-state index contributed by atoms with van der Waals surface area (Å²) in [7, 11) is 1.61. The van der Waals surface area contributed by atoms with E-state index in [1.165, 1.54) is 35.3 Å². The van der Waals surface area contributed by atoms with Crippen LogP contribution in [-0.4, -0.2) is 75.6 Å². The number of halogens is 3. The van der Waals surface area contributed by atoms with Gasteiger partial charge < -0.3 is 19.8 Å². The molecule has 0 aromatic heterocycles. The Morgan fingerprint density at radius 2 is 1.89 bits per heavy atom. The number of alkyl halides is 3. The monoisotopic (exact) mass is 618 g/mol. The first kappa shape index (κ1) is 29.6. The Kier molecular flexibility index (Phi) is 6.87. The summed E-state index contributed by atoms with van der Waals surface area (Å²) in [5.41, 5.74) is -1.04. The largest absolute Gasteiger partial charge is 0.504 e. The number of aromatic hydroxyl groups is 1. The molecule has 45 heavy (non-hydrogen) atoms. The fraction of sp³-hybridized carbons (Fsp3) is 0.371. The number of likely N-dealkylation sites (N-methyl/N-ethyl adjacent to an activating group) is 1. The van der Waals surface area contributed by atoms with Crippen molar-refractivity contribution in [2.45, 2.75) is 61.1 Å². The van der Waals surface area contributed by atoms with E-state index in [4.69, 9.17) is 4.74 Å². The van der Waals surface area contributed by atoms with Crippen LogP contribution in [0.1, 0.15) is 51.9 Å². The maximum atomic E-state index is 14.1. The SMILES string of the molecule is CN(C(=O)C=Cc1cccc(C(F)(F)F)c1)[C@H]1CC[C@@]2(O)[C@H]3C(=O)c4ccc(O)c5c4[C@@]2(CCN3CCc2ccccc2)[C@H]1O5. The zero-order valence-electron chi connectivity index (χ0n) is 24.6. The Morgan fingerprint density at radius 3 is 2.64 bits per heavy atom. The lowest BCUT2D eigenvalue weighted by Gasteiger charge is -2.63. The van der Waals surface area contributed by atoms with E-state index < -0.39 is 46.9 Å². The molecule has 10 heteroatoms. The van der Waals surface area contributed by atoms with Gasteiger partial charge in [0.2, 0.25) is 5.91 Å². The zero-order chi connectivity index (χ0) is 31.7. The number of Topliss-reactive ketones (excluding diaryl/α,β-unsaturated/α-hetero) is 1. The van der Waals surface area contributed by atoms with Crippen LogP contribution in [0.15, 0.2) is 72.8 Å². The van der Waals surface area contributed by atoms with Crippen molar-refractivity contribution in [2.24, 2.45) is 0 Å². The number of phenols is 1. The van der Waals surface area contributed by atoms with Crippen LogP contribution in [0.3, 0.4) is 0 Å². The van der Waals surface area contributed by atoms with Crippen molar-refractivity contribution < 1.29 is 37.7 Å². The first-order chi connectivity index (χ1) is 21.5. The molecule has 1 saturated carbocycles. The molecule has 7 rings (SSSR count). The predicted octanol–water partition coefficient (Wildman–Crippen LogP) is 4.99. The molecule has 4 aliphatic rings. The lowest BCUT2D eigenvalue weighted by molar-refractivity contribution is -0.187. The number of hydrogen-bond donors (Lipinski definition) is 2. The van der Waals surface area contributed by atoms with E-state index in [1.54, 1.807) is 13.1 Å². The molecule has 5 atom stereocenters. The second-order valence-electron chi connectivity index (χ2n) is 12.6. The molecule has 1 amide bonds. The van der Waals surface area contributed by atoms with Crippen LogP contribution in [0.5, 0.6) is 11.5 Å². The third-order valence-corrected chi connectivity index (χ3v) is 10.4. The van der Waals surface area contributed by atoms with Gasteiger partial charge in [-0.2, -0.15) is 13.2 Å². The van der Waals surface area contributed by atoms with Crippen LogP contribution < -0.4 is 4.74 Å². The Labute approximate surface area is 258 Å². The summed E-state index contributed by atoms with van der Waals surface area (Å²) in [5, 5.41) is 23.6.